The van der Waals surface area contributed by atoms with Crippen molar-refractivity contribution in [3.8, 4) is 22.3 Å². The molecule has 16 aromatic rings. The number of nitrogens with zero attached hydrogens (tertiary/aromatic N) is 1. The maximum atomic E-state index is 4.40. The quantitative estimate of drug-likeness (QED) is 0.0547. The largest absolute Gasteiger partial charge is 0.261 e. The Kier molecular flexibility index (Phi) is 97.1. The van der Waals surface area contributed by atoms with Gasteiger partial charge in [0.15, 0.2) is 0 Å². The van der Waals surface area contributed by atoms with Crippen molar-refractivity contribution in [3.63, 3.8) is 0 Å². The lowest BCUT2D eigenvalue weighted by Gasteiger charge is -2.07. The first-order chi connectivity index (χ1) is 71.3. The van der Waals surface area contributed by atoms with Gasteiger partial charge in [-0.3, -0.25) is 4.98 Å². The average molecular weight is 1960 g/mol. The Morgan fingerprint density at radius 2 is 0.276 bits per heavy atom. The molecule has 1 heteroatoms. The average Bonchev–Trinajstić information content (AvgIpc) is 0.782. The van der Waals surface area contributed by atoms with E-state index in [1.54, 1.807) is 0 Å². The number of fused-ring (bicyclic) bond motifs is 6. The molecule has 15 aromatic carbocycles. The molecule has 0 aliphatic heterocycles. The van der Waals surface area contributed by atoms with Gasteiger partial charge in [0.2, 0.25) is 0 Å². The minimum absolute atomic E-state index is 1.01. The molecule has 0 atom stereocenters. The third kappa shape index (κ3) is 54.7. The van der Waals surface area contributed by atoms with Crippen molar-refractivity contribution in [3.05, 3.63) is 422 Å². The molecule has 1 aromatic heterocycles. The van der Waals surface area contributed by atoms with Gasteiger partial charge in [0.1, 0.15) is 0 Å². The van der Waals surface area contributed by atoms with E-state index < -0.39 is 0 Å². The van der Waals surface area contributed by atoms with Crippen molar-refractivity contribution in [2.75, 3.05) is 0 Å². The van der Waals surface area contributed by atoms with Gasteiger partial charge in [-0.05, 0) is 286 Å². The highest BCUT2D eigenvalue weighted by Gasteiger charge is 2.08. The summed E-state index contributed by atoms with van der Waals surface area (Å²) in [5, 5.41) is 13.4. The van der Waals surface area contributed by atoms with Gasteiger partial charge in [0.05, 0.1) is 0 Å². The standard InChI is InChI=1S/C24H26.C22H22.2C18H18.C17H20.C13H15N.16C2H6/c1-3-19-5-9-21(10-6-19)17-23-13-15-24(16-14-23)18-22-11-7-20(4-2)8-12-22;1-3-17-5-9-19(10-6-17)21-13-15-22(16-14-21)20-11-7-18(4-2)8-12-20;1-3-13-5-9-17-15(11-13)7-8-16-12-14(4-2)6-10-18(16)17;1-3-13-5-7-15-12-18-10-14(4-2)6-8-16(18)11-17(15)9-13;1-3-14-5-9-16(10-6-14)13-17-11-7-15(4-2)8-12-17;1-3-10-5-6-11-8-13(4-2)14-9-12(11)7-10;16*1-2/h5-16H,3-4,17-18H2,1-2H3;5-16H,3-4H2,1-2H3;2*5-12H,3-4H2,1-2H3;5-12H,3-4,13H2,1-2H3;5-9H,3-4H2,1-2H3;16*1-2H3. The van der Waals surface area contributed by atoms with Crippen LogP contribution < -0.4 is 0 Å². The molecule has 0 aliphatic rings. The van der Waals surface area contributed by atoms with E-state index in [1.807, 2.05) is 228 Å². The van der Waals surface area contributed by atoms with Crippen molar-refractivity contribution < 1.29 is 0 Å². The van der Waals surface area contributed by atoms with E-state index in [1.165, 1.54) is 176 Å². The van der Waals surface area contributed by atoms with E-state index in [0.29, 0.717) is 0 Å². The molecule has 0 saturated heterocycles. The van der Waals surface area contributed by atoms with Gasteiger partial charge in [-0.15, -0.1) is 0 Å². The third-order valence-electron chi connectivity index (χ3n) is 22.4. The van der Waals surface area contributed by atoms with Crippen LogP contribution in [0.5, 0.6) is 0 Å². The summed E-state index contributed by atoms with van der Waals surface area (Å²) in [4.78, 5) is 4.40. The lowest BCUT2D eigenvalue weighted by atomic mass is 9.98. The first-order valence-corrected chi connectivity index (χ1v) is 58.3. The molecule has 0 spiro atoms. The Morgan fingerprint density at radius 1 is 0.124 bits per heavy atom. The third-order valence-corrected chi connectivity index (χ3v) is 22.4. The number of benzene rings is 15. The Labute approximate surface area is 897 Å². The van der Waals surface area contributed by atoms with Crippen LogP contribution in [-0.2, 0) is 96.3 Å². The van der Waals surface area contributed by atoms with Crippen molar-refractivity contribution in [1.29, 1.82) is 0 Å². The molecular weight excluding hydrogens is 1740 g/mol. The lowest BCUT2D eigenvalue weighted by Crippen LogP contribution is -1.92. The van der Waals surface area contributed by atoms with Gasteiger partial charge in [-0.2, -0.15) is 0 Å². The highest BCUT2D eigenvalue weighted by Crippen LogP contribution is 2.31. The minimum atomic E-state index is 1.01. The fraction of sp³-hybridized carbons (Fsp3) is 0.410. The molecule has 145 heavy (non-hydrogen) atoms. The van der Waals surface area contributed by atoms with E-state index in [2.05, 4.69) is 404 Å². The highest BCUT2D eigenvalue weighted by molar-refractivity contribution is 6.08. The zero-order valence-corrected chi connectivity index (χ0v) is 102. The van der Waals surface area contributed by atoms with Crippen LogP contribution in [0.25, 0.3) is 76.1 Å². The lowest BCUT2D eigenvalue weighted by molar-refractivity contribution is 1.04. The maximum absolute atomic E-state index is 4.40. The van der Waals surface area contributed by atoms with Crippen LogP contribution in [0.3, 0.4) is 0 Å². The summed E-state index contributed by atoms with van der Waals surface area (Å²) in [7, 11) is 0. The summed E-state index contributed by atoms with van der Waals surface area (Å²) in [6.45, 7) is 90.3. The summed E-state index contributed by atoms with van der Waals surface area (Å²) >= 11 is 0. The second-order valence-corrected chi connectivity index (χ2v) is 30.1. The second-order valence-electron chi connectivity index (χ2n) is 30.1. The van der Waals surface area contributed by atoms with Gasteiger partial charge in [0, 0.05) is 17.3 Å². The van der Waals surface area contributed by atoms with E-state index in [0.717, 1.165) is 96.3 Å². The van der Waals surface area contributed by atoms with Crippen LogP contribution in [0.2, 0.25) is 0 Å². The zero-order valence-electron chi connectivity index (χ0n) is 102. The maximum Gasteiger partial charge on any atom is 0.0407 e. The predicted molar refractivity (Wildman–Crippen MR) is 677 cm³/mol. The van der Waals surface area contributed by atoms with Gasteiger partial charge >= 0.3 is 0 Å². The topological polar surface area (TPSA) is 12.9 Å². The molecule has 1 heterocycles. The van der Waals surface area contributed by atoms with E-state index in [4.69, 9.17) is 0 Å². The Hall–Kier alpha value is -11.3. The molecule has 0 aliphatic carbocycles. The van der Waals surface area contributed by atoms with E-state index in [-0.39, 0.29) is 0 Å². The van der Waals surface area contributed by atoms with Crippen molar-refractivity contribution in [2.24, 2.45) is 0 Å². The summed E-state index contributed by atoms with van der Waals surface area (Å²) in [5.41, 5.74) is 30.0. The molecule has 16 rings (SSSR count). The molecular formula is C144H215N. The summed E-state index contributed by atoms with van der Waals surface area (Å²) in [6.07, 6.45) is 18.2. The Morgan fingerprint density at radius 3 is 0.476 bits per heavy atom. The van der Waals surface area contributed by atoms with Crippen LogP contribution in [0.1, 0.15) is 405 Å². The van der Waals surface area contributed by atoms with Crippen LogP contribution in [0.15, 0.2) is 322 Å². The highest BCUT2D eigenvalue weighted by atomic mass is 14.7. The Balaban J connectivity index is -0.000000379. The predicted octanol–water partition coefficient (Wildman–Crippen LogP) is 46.6. The van der Waals surface area contributed by atoms with Crippen LogP contribution in [0, 0.1) is 0 Å². The van der Waals surface area contributed by atoms with Crippen molar-refractivity contribution >= 4 is 53.9 Å². The van der Waals surface area contributed by atoms with Crippen molar-refractivity contribution in [2.45, 2.75) is 401 Å². The summed E-state index contributed by atoms with van der Waals surface area (Å²) in [5.74, 6) is 0. The molecule has 796 valence electrons. The normalized spacial score (nSPS) is 9.10. The van der Waals surface area contributed by atoms with E-state index >= 15 is 0 Å². The Bertz CT molecular complexity index is 5220. The van der Waals surface area contributed by atoms with E-state index in [9.17, 15) is 0 Å². The SMILES string of the molecule is CC.CC.CC.CC.CC.CC.CC.CC.CC.CC.CC.CC.CC.CC.CC.CC.CCc1ccc(-c2ccc(-c3ccc(CC)cc3)cc2)cc1.CCc1ccc(Cc2ccc(CC)cc2)cc1.CCc1ccc(Cc2ccc(Cc3ccc(CC)cc3)cc2)cc1.CCc1ccc2c(ccc3cc(CC)ccc32)c1.CCc1ccc2cc(CC)ncc2c1.CCc1ccc2cc3cc(CC)ccc3cc2c1. The van der Waals surface area contributed by atoms with Crippen molar-refractivity contribution in [1.82, 2.24) is 4.98 Å². The molecule has 0 N–H and O–H groups in total. The van der Waals surface area contributed by atoms with Gasteiger partial charge in [-0.1, -0.05) is 596 Å². The number of pyridine rings is 1. The van der Waals surface area contributed by atoms with Crippen LogP contribution in [-0.4, -0.2) is 4.98 Å². The summed E-state index contributed by atoms with van der Waals surface area (Å²) < 4.78 is 0. The first-order valence-electron chi connectivity index (χ1n) is 58.3. The fourth-order valence-electron chi connectivity index (χ4n) is 14.6. The summed E-state index contributed by atoms with van der Waals surface area (Å²) in [6, 6.07) is 117. The smallest absolute Gasteiger partial charge is 0.0407 e. The molecule has 0 radical (unpaired) electrons. The number of aromatic nitrogens is 1. The molecule has 0 fully saturated rings. The number of hydrogen-bond acceptors (Lipinski definition) is 1. The molecule has 0 saturated carbocycles. The zero-order chi connectivity index (χ0) is 111. The van der Waals surface area contributed by atoms with Crippen LogP contribution in [0.4, 0.5) is 0 Å². The van der Waals surface area contributed by atoms with Gasteiger partial charge in [-0.25, -0.2) is 0 Å². The molecule has 0 unspecified atom stereocenters. The molecule has 1 nitrogen and oxygen atoms in total. The number of rotatable bonds is 20. The number of aryl methyl sites for hydroxylation is 12. The molecule has 0 bridgehead atoms. The van der Waals surface area contributed by atoms with Crippen LogP contribution >= 0.6 is 0 Å². The van der Waals surface area contributed by atoms with Gasteiger partial charge < -0.3 is 0 Å². The fourth-order valence-corrected chi connectivity index (χ4v) is 14.6. The van der Waals surface area contributed by atoms with Gasteiger partial charge in [0.25, 0.3) is 0 Å². The second kappa shape index (κ2) is 97.5. The first kappa shape index (κ1) is 144. The molecule has 0 amide bonds. The minimum Gasteiger partial charge on any atom is -0.261 e. The monoisotopic (exact) mass is 1960 g/mol. The number of hydrogen-bond donors (Lipinski definition) is 0.